The molecular formula is C13H18N4O. The summed E-state index contributed by atoms with van der Waals surface area (Å²) in [6.07, 6.45) is 0. The fourth-order valence-corrected chi connectivity index (χ4v) is 1.74. The van der Waals surface area contributed by atoms with Crippen LogP contribution in [0.5, 0.6) is 5.75 Å². The molecule has 2 aromatic rings. The van der Waals surface area contributed by atoms with Gasteiger partial charge in [0.2, 0.25) is 0 Å². The molecule has 0 unspecified atom stereocenters. The lowest BCUT2D eigenvalue weighted by molar-refractivity contribution is 0.414. The van der Waals surface area contributed by atoms with Crippen molar-refractivity contribution in [2.24, 2.45) is 0 Å². The van der Waals surface area contributed by atoms with Gasteiger partial charge in [-0.25, -0.2) is 0 Å². The van der Waals surface area contributed by atoms with E-state index in [4.69, 9.17) is 10.5 Å². The largest absolute Gasteiger partial charge is 0.497 e. The fourth-order valence-electron chi connectivity index (χ4n) is 1.74. The lowest BCUT2D eigenvalue weighted by atomic mass is 9.92. The molecule has 0 radical (unpaired) electrons. The molecule has 1 aromatic carbocycles. The van der Waals surface area contributed by atoms with Crippen LogP contribution >= 0.6 is 0 Å². The molecule has 0 atom stereocenters. The number of nitrogens with zero attached hydrogens (tertiary/aromatic N) is 3. The number of benzene rings is 1. The van der Waals surface area contributed by atoms with Gasteiger partial charge in [-0.15, -0.1) is 5.10 Å². The van der Waals surface area contributed by atoms with Gasteiger partial charge in [0.05, 0.1) is 12.8 Å². The van der Waals surface area contributed by atoms with Crippen molar-refractivity contribution >= 4 is 5.82 Å². The molecule has 0 aliphatic rings. The van der Waals surface area contributed by atoms with Gasteiger partial charge >= 0.3 is 0 Å². The lowest BCUT2D eigenvalue weighted by Crippen LogP contribution is -2.15. The van der Waals surface area contributed by atoms with Gasteiger partial charge < -0.3 is 10.5 Å². The van der Waals surface area contributed by atoms with Crippen LogP contribution in [0, 0.1) is 0 Å². The van der Waals surface area contributed by atoms with Crippen molar-refractivity contribution in [1.29, 1.82) is 0 Å². The third-order valence-electron chi connectivity index (χ3n) is 2.73. The molecule has 5 heteroatoms. The minimum absolute atomic E-state index is 0.116. The summed E-state index contributed by atoms with van der Waals surface area (Å²) < 4.78 is 6.76. The molecule has 0 amide bonds. The topological polar surface area (TPSA) is 66.0 Å². The Morgan fingerprint density at radius 2 is 1.78 bits per heavy atom. The first-order chi connectivity index (χ1) is 8.43. The van der Waals surface area contributed by atoms with E-state index in [0.29, 0.717) is 5.82 Å². The fraction of sp³-hybridized carbons (Fsp3) is 0.385. The molecule has 2 N–H and O–H groups in total. The number of nitrogen functional groups attached to an aromatic ring is 1. The van der Waals surface area contributed by atoms with E-state index in [-0.39, 0.29) is 5.41 Å². The van der Waals surface area contributed by atoms with Crippen LogP contribution in [-0.4, -0.2) is 22.1 Å². The predicted octanol–water partition coefficient (Wildman–Crippen LogP) is 2.16. The Kier molecular flexibility index (Phi) is 2.98. The first-order valence-electron chi connectivity index (χ1n) is 5.79. The molecule has 0 aliphatic carbocycles. The van der Waals surface area contributed by atoms with E-state index in [1.807, 2.05) is 24.3 Å². The molecule has 0 spiro atoms. The van der Waals surface area contributed by atoms with E-state index in [9.17, 15) is 0 Å². The lowest BCUT2D eigenvalue weighted by Gasteiger charge is -2.15. The van der Waals surface area contributed by atoms with Gasteiger partial charge in [-0.1, -0.05) is 26.0 Å². The Morgan fingerprint density at radius 1 is 1.17 bits per heavy atom. The van der Waals surface area contributed by atoms with Crippen molar-refractivity contribution in [2.45, 2.75) is 26.2 Å². The smallest absolute Gasteiger partial charge is 0.151 e. The van der Waals surface area contributed by atoms with E-state index in [2.05, 4.69) is 31.1 Å². The van der Waals surface area contributed by atoms with Crippen LogP contribution in [0.3, 0.4) is 0 Å². The van der Waals surface area contributed by atoms with Gasteiger partial charge in [0.1, 0.15) is 11.4 Å². The average molecular weight is 246 g/mol. The number of nitrogens with two attached hydrogens (primary N) is 1. The standard InChI is InChI=1S/C13H18N4O/c1-13(2,3)11-12(14)17(16-15-11)9-5-7-10(18-4)8-6-9/h5-8H,14H2,1-4H3. The molecule has 2 rings (SSSR count). The molecule has 0 saturated heterocycles. The molecule has 96 valence electrons. The molecular weight excluding hydrogens is 228 g/mol. The number of methoxy groups -OCH3 is 1. The number of hydrogen-bond donors (Lipinski definition) is 1. The van der Waals surface area contributed by atoms with Crippen molar-refractivity contribution in [3.05, 3.63) is 30.0 Å². The normalized spacial score (nSPS) is 11.6. The SMILES string of the molecule is COc1ccc(-n2nnc(C(C)(C)C)c2N)cc1. The monoisotopic (exact) mass is 246 g/mol. The van der Waals surface area contributed by atoms with E-state index >= 15 is 0 Å². The summed E-state index contributed by atoms with van der Waals surface area (Å²) in [5, 5.41) is 8.27. The quantitative estimate of drug-likeness (QED) is 0.881. The molecule has 0 aliphatic heterocycles. The summed E-state index contributed by atoms with van der Waals surface area (Å²) in [4.78, 5) is 0. The average Bonchev–Trinajstić information content (AvgIpc) is 2.71. The summed E-state index contributed by atoms with van der Waals surface area (Å²) in [5.41, 5.74) is 7.66. The van der Waals surface area contributed by atoms with E-state index in [1.165, 1.54) is 0 Å². The van der Waals surface area contributed by atoms with Crippen molar-refractivity contribution in [2.75, 3.05) is 12.8 Å². The summed E-state index contributed by atoms with van der Waals surface area (Å²) in [5.74, 6) is 1.38. The van der Waals surface area contributed by atoms with E-state index < -0.39 is 0 Å². The summed E-state index contributed by atoms with van der Waals surface area (Å²) in [6, 6.07) is 7.53. The molecule has 0 fully saturated rings. The zero-order valence-electron chi connectivity index (χ0n) is 11.1. The maximum atomic E-state index is 6.10. The highest BCUT2D eigenvalue weighted by atomic mass is 16.5. The van der Waals surface area contributed by atoms with Crippen molar-refractivity contribution in [3.8, 4) is 11.4 Å². The molecule has 0 saturated carbocycles. The van der Waals surface area contributed by atoms with Gasteiger partial charge in [0.25, 0.3) is 0 Å². The Labute approximate surface area is 107 Å². The Bertz CT molecular complexity index is 537. The van der Waals surface area contributed by atoms with Crippen LogP contribution in [0.25, 0.3) is 5.69 Å². The Morgan fingerprint density at radius 3 is 2.22 bits per heavy atom. The highest BCUT2D eigenvalue weighted by Gasteiger charge is 2.23. The second-order valence-corrected chi connectivity index (χ2v) is 5.18. The molecule has 18 heavy (non-hydrogen) atoms. The predicted molar refractivity (Wildman–Crippen MR) is 71.0 cm³/mol. The Hall–Kier alpha value is -2.04. The molecule has 1 aromatic heterocycles. The maximum absolute atomic E-state index is 6.10. The summed E-state index contributed by atoms with van der Waals surface area (Å²) in [7, 11) is 1.64. The van der Waals surface area contributed by atoms with Crippen LogP contribution in [0.4, 0.5) is 5.82 Å². The first-order valence-corrected chi connectivity index (χ1v) is 5.79. The number of anilines is 1. The van der Waals surface area contributed by atoms with Crippen LogP contribution in [0.15, 0.2) is 24.3 Å². The second-order valence-electron chi connectivity index (χ2n) is 5.18. The number of ether oxygens (including phenoxy) is 1. The minimum atomic E-state index is -0.116. The van der Waals surface area contributed by atoms with Gasteiger partial charge in [-0.3, -0.25) is 0 Å². The third-order valence-corrected chi connectivity index (χ3v) is 2.73. The third kappa shape index (κ3) is 2.16. The van der Waals surface area contributed by atoms with Gasteiger partial charge in [0, 0.05) is 5.41 Å². The first kappa shape index (κ1) is 12.4. The van der Waals surface area contributed by atoms with Crippen LogP contribution in [-0.2, 0) is 5.41 Å². The number of aromatic nitrogens is 3. The molecule has 0 bridgehead atoms. The van der Waals surface area contributed by atoms with E-state index in [0.717, 1.165) is 17.1 Å². The zero-order valence-corrected chi connectivity index (χ0v) is 11.1. The van der Waals surface area contributed by atoms with Crippen molar-refractivity contribution in [3.63, 3.8) is 0 Å². The summed E-state index contributed by atoms with van der Waals surface area (Å²) >= 11 is 0. The van der Waals surface area contributed by atoms with Crippen LogP contribution in [0.2, 0.25) is 0 Å². The van der Waals surface area contributed by atoms with Gasteiger partial charge in [-0.2, -0.15) is 4.68 Å². The van der Waals surface area contributed by atoms with Crippen molar-refractivity contribution in [1.82, 2.24) is 15.0 Å². The maximum Gasteiger partial charge on any atom is 0.151 e. The molecule has 1 heterocycles. The van der Waals surface area contributed by atoms with E-state index in [1.54, 1.807) is 11.8 Å². The van der Waals surface area contributed by atoms with Gasteiger partial charge in [0.15, 0.2) is 5.82 Å². The highest BCUT2D eigenvalue weighted by molar-refractivity contribution is 5.47. The zero-order chi connectivity index (χ0) is 13.3. The highest BCUT2D eigenvalue weighted by Crippen LogP contribution is 2.27. The second kappa shape index (κ2) is 4.33. The van der Waals surface area contributed by atoms with Gasteiger partial charge in [-0.05, 0) is 24.3 Å². The number of rotatable bonds is 2. The minimum Gasteiger partial charge on any atom is -0.497 e. The van der Waals surface area contributed by atoms with Crippen molar-refractivity contribution < 1.29 is 4.74 Å². The van der Waals surface area contributed by atoms with Crippen LogP contribution < -0.4 is 10.5 Å². The van der Waals surface area contributed by atoms with Crippen LogP contribution in [0.1, 0.15) is 26.5 Å². The Balaban J connectivity index is 2.42. The molecule has 5 nitrogen and oxygen atoms in total. The summed E-state index contributed by atoms with van der Waals surface area (Å²) in [6.45, 7) is 6.18. The number of hydrogen-bond acceptors (Lipinski definition) is 4.